The summed E-state index contributed by atoms with van der Waals surface area (Å²) in [6.07, 6.45) is 0. The molecule has 0 bridgehead atoms. The largest absolute Gasteiger partial charge is 0.507 e. The van der Waals surface area contributed by atoms with Crippen LogP contribution in [0.5, 0.6) is 5.75 Å². The van der Waals surface area contributed by atoms with Crippen LogP contribution in [0.25, 0.3) is 27.9 Å². The van der Waals surface area contributed by atoms with E-state index in [1.54, 1.807) is 18.2 Å². The zero-order chi connectivity index (χ0) is 16.1. The Bertz CT molecular complexity index is 1140. The second-order valence-corrected chi connectivity index (χ2v) is 5.75. The lowest BCUT2D eigenvalue weighted by Crippen LogP contribution is -1.95. The van der Waals surface area contributed by atoms with Gasteiger partial charge in [-0.2, -0.15) is 0 Å². The molecule has 0 spiro atoms. The average molecular weight is 347 g/mol. The number of hydrogen-bond donors (Lipinski definition) is 2. The fraction of sp³-hybridized carbons (Fsp3) is 0. The van der Waals surface area contributed by atoms with Crippen molar-refractivity contribution < 1.29 is 9.50 Å². The molecule has 0 atom stereocenters. The summed E-state index contributed by atoms with van der Waals surface area (Å²) in [7, 11) is 0. The van der Waals surface area contributed by atoms with Crippen molar-refractivity contribution in [1.82, 2.24) is 19.6 Å². The molecule has 0 saturated heterocycles. The lowest BCUT2D eigenvalue weighted by Gasteiger charge is -2.00. The van der Waals surface area contributed by atoms with E-state index in [2.05, 4.69) is 15.1 Å². The number of phenols is 1. The van der Waals surface area contributed by atoms with E-state index in [-0.39, 0.29) is 10.5 Å². The molecular formula is C15H8ClFN4OS. The Morgan fingerprint density at radius 2 is 2.00 bits per heavy atom. The number of aromatic nitrogens is 4. The van der Waals surface area contributed by atoms with Crippen LogP contribution in [0.4, 0.5) is 4.39 Å². The maximum atomic E-state index is 13.6. The summed E-state index contributed by atoms with van der Waals surface area (Å²) in [6.45, 7) is 0. The van der Waals surface area contributed by atoms with Crippen molar-refractivity contribution in [1.29, 1.82) is 0 Å². The first-order valence-corrected chi connectivity index (χ1v) is 7.38. The highest BCUT2D eigenvalue weighted by Crippen LogP contribution is 2.30. The molecule has 0 aliphatic rings. The molecule has 8 heteroatoms. The predicted molar refractivity (Wildman–Crippen MR) is 87.7 cm³/mol. The fourth-order valence-electron chi connectivity index (χ4n) is 2.42. The van der Waals surface area contributed by atoms with Gasteiger partial charge in [0.05, 0.1) is 11.1 Å². The van der Waals surface area contributed by atoms with Crippen molar-refractivity contribution in [3.8, 4) is 17.1 Å². The first-order chi connectivity index (χ1) is 11.0. The summed E-state index contributed by atoms with van der Waals surface area (Å²) < 4.78 is 15.3. The summed E-state index contributed by atoms with van der Waals surface area (Å²) in [5.41, 5.74) is 1.39. The topological polar surface area (TPSA) is 66.2 Å². The molecule has 4 rings (SSSR count). The predicted octanol–water partition coefficient (Wildman–Crippen LogP) is 4.11. The first kappa shape index (κ1) is 14.1. The van der Waals surface area contributed by atoms with Crippen molar-refractivity contribution in [2.75, 3.05) is 0 Å². The van der Waals surface area contributed by atoms with E-state index in [9.17, 15) is 9.50 Å². The Kier molecular flexibility index (Phi) is 3.07. The Morgan fingerprint density at radius 1 is 1.17 bits per heavy atom. The molecular weight excluding hydrogens is 339 g/mol. The maximum absolute atomic E-state index is 13.6. The molecule has 4 aromatic rings. The second-order valence-electron chi connectivity index (χ2n) is 4.95. The minimum atomic E-state index is -0.395. The SMILES string of the molecule is Oc1ccc(Cl)cc1-c1nc2c3cc(F)ccc3nc(=S)n2[nH]1. The van der Waals surface area contributed by atoms with Crippen molar-refractivity contribution in [3.05, 3.63) is 52.0 Å². The van der Waals surface area contributed by atoms with Crippen molar-refractivity contribution in [2.24, 2.45) is 0 Å². The van der Waals surface area contributed by atoms with Crippen LogP contribution in [-0.2, 0) is 0 Å². The number of hydrogen-bond acceptors (Lipinski definition) is 4. The van der Waals surface area contributed by atoms with Crippen LogP contribution in [0, 0.1) is 10.6 Å². The Hall–Kier alpha value is -2.51. The van der Waals surface area contributed by atoms with Crippen LogP contribution in [0.15, 0.2) is 36.4 Å². The number of aromatic hydroxyl groups is 1. The van der Waals surface area contributed by atoms with Gasteiger partial charge in [0.15, 0.2) is 11.5 Å². The lowest BCUT2D eigenvalue weighted by atomic mass is 10.2. The molecule has 0 aliphatic heterocycles. The van der Waals surface area contributed by atoms with Gasteiger partial charge >= 0.3 is 0 Å². The van der Waals surface area contributed by atoms with Crippen molar-refractivity contribution >= 4 is 40.4 Å². The number of nitrogens with zero attached hydrogens (tertiary/aromatic N) is 3. The molecule has 0 saturated carbocycles. The number of benzene rings is 2. The summed E-state index contributed by atoms with van der Waals surface area (Å²) in [5.74, 6) is -0.0217. The quantitative estimate of drug-likeness (QED) is 0.509. The molecule has 2 heterocycles. The number of rotatable bonds is 1. The van der Waals surface area contributed by atoms with Gasteiger partial charge in [-0.05, 0) is 48.6 Å². The molecule has 2 N–H and O–H groups in total. The number of nitrogens with one attached hydrogen (secondary N) is 1. The molecule has 2 aromatic heterocycles. The van der Waals surface area contributed by atoms with Crippen LogP contribution >= 0.6 is 23.8 Å². The fourth-order valence-corrected chi connectivity index (χ4v) is 2.82. The normalized spacial score (nSPS) is 11.4. The highest BCUT2D eigenvalue weighted by Gasteiger charge is 2.14. The summed E-state index contributed by atoms with van der Waals surface area (Å²) in [4.78, 5) is 8.67. The minimum Gasteiger partial charge on any atom is -0.507 e. The van der Waals surface area contributed by atoms with Crippen LogP contribution in [0.2, 0.25) is 5.02 Å². The Labute approximate surface area is 139 Å². The van der Waals surface area contributed by atoms with E-state index in [1.807, 2.05) is 0 Å². The average Bonchev–Trinajstić information content (AvgIpc) is 2.96. The van der Waals surface area contributed by atoms with Crippen LogP contribution < -0.4 is 0 Å². The third kappa shape index (κ3) is 2.25. The van der Waals surface area contributed by atoms with E-state index < -0.39 is 5.82 Å². The molecule has 2 aromatic carbocycles. The van der Waals surface area contributed by atoms with E-state index in [0.29, 0.717) is 33.0 Å². The number of H-pyrrole nitrogens is 1. The summed E-state index contributed by atoms with van der Waals surface area (Å²) in [5, 5.41) is 13.9. The molecule has 5 nitrogen and oxygen atoms in total. The van der Waals surface area contributed by atoms with Gasteiger partial charge in [0.1, 0.15) is 11.6 Å². The molecule has 0 amide bonds. The molecule has 0 fully saturated rings. The number of halogens is 2. The van der Waals surface area contributed by atoms with Gasteiger partial charge < -0.3 is 5.11 Å². The monoisotopic (exact) mass is 346 g/mol. The molecule has 0 aliphatic carbocycles. The van der Waals surface area contributed by atoms with Crippen LogP contribution in [0.3, 0.4) is 0 Å². The molecule has 23 heavy (non-hydrogen) atoms. The van der Waals surface area contributed by atoms with Gasteiger partial charge in [0.2, 0.25) is 4.77 Å². The molecule has 0 radical (unpaired) electrons. The van der Waals surface area contributed by atoms with Gasteiger partial charge in [-0.25, -0.2) is 18.9 Å². The van der Waals surface area contributed by atoms with Gasteiger partial charge in [-0.1, -0.05) is 11.6 Å². The van der Waals surface area contributed by atoms with E-state index in [4.69, 9.17) is 23.8 Å². The maximum Gasteiger partial charge on any atom is 0.221 e. The molecule has 0 unspecified atom stereocenters. The van der Waals surface area contributed by atoms with Crippen molar-refractivity contribution in [3.63, 3.8) is 0 Å². The van der Waals surface area contributed by atoms with Gasteiger partial charge in [0, 0.05) is 10.4 Å². The van der Waals surface area contributed by atoms with Crippen LogP contribution in [0.1, 0.15) is 0 Å². The highest BCUT2D eigenvalue weighted by atomic mass is 35.5. The first-order valence-electron chi connectivity index (χ1n) is 6.60. The zero-order valence-corrected chi connectivity index (χ0v) is 13.0. The zero-order valence-electron chi connectivity index (χ0n) is 11.4. The Balaban J connectivity index is 2.10. The number of fused-ring (bicyclic) bond motifs is 3. The third-order valence-electron chi connectivity index (χ3n) is 3.47. The van der Waals surface area contributed by atoms with Gasteiger partial charge in [0.25, 0.3) is 0 Å². The van der Waals surface area contributed by atoms with E-state index in [0.717, 1.165) is 0 Å². The van der Waals surface area contributed by atoms with Gasteiger partial charge in [-0.15, -0.1) is 0 Å². The van der Waals surface area contributed by atoms with Crippen LogP contribution in [-0.4, -0.2) is 24.7 Å². The second kappa shape index (κ2) is 5.00. The minimum absolute atomic E-state index is 0.0171. The highest BCUT2D eigenvalue weighted by molar-refractivity contribution is 7.71. The standard InChI is InChI=1S/C15H8ClFN4OS/c16-7-1-4-12(22)10(5-7)13-19-14-9-6-8(17)2-3-11(9)18-15(23)21(14)20-13/h1-6,22H,(H,19,20). The number of aromatic amines is 1. The summed E-state index contributed by atoms with van der Waals surface area (Å²) in [6, 6.07) is 8.83. The smallest absolute Gasteiger partial charge is 0.221 e. The number of phenolic OH excluding ortho intramolecular Hbond substituents is 1. The van der Waals surface area contributed by atoms with E-state index >= 15 is 0 Å². The lowest BCUT2D eigenvalue weighted by molar-refractivity contribution is 0.477. The summed E-state index contributed by atoms with van der Waals surface area (Å²) >= 11 is 11.2. The molecule has 114 valence electrons. The van der Waals surface area contributed by atoms with Crippen molar-refractivity contribution in [2.45, 2.75) is 0 Å². The van der Waals surface area contributed by atoms with E-state index in [1.165, 1.54) is 22.7 Å². The Morgan fingerprint density at radius 3 is 2.83 bits per heavy atom. The third-order valence-corrected chi connectivity index (χ3v) is 3.98. The van der Waals surface area contributed by atoms with Gasteiger partial charge in [-0.3, -0.25) is 5.10 Å².